The molecule has 0 aromatic carbocycles. The van der Waals surface area contributed by atoms with Crippen LogP contribution in [-0.2, 0) is 9.53 Å². The number of carbonyl (C=O) groups is 1. The minimum Gasteiger partial charge on any atom is -0.379 e. The van der Waals surface area contributed by atoms with Crippen LogP contribution in [-0.4, -0.2) is 24.7 Å². The van der Waals surface area contributed by atoms with Gasteiger partial charge >= 0.3 is 0 Å². The largest absolute Gasteiger partial charge is 0.379 e. The van der Waals surface area contributed by atoms with Crippen molar-refractivity contribution in [2.45, 2.75) is 43.7 Å². The zero-order chi connectivity index (χ0) is 14.0. The molecule has 1 aromatic rings. The number of hydrogen-bond acceptors (Lipinski definition) is 4. The average molecular weight is 294 g/mol. The lowest BCUT2D eigenvalue weighted by atomic mass is 9.93. The Morgan fingerprint density at radius 2 is 2.30 bits per heavy atom. The second kappa shape index (κ2) is 5.84. The molecule has 3 N–H and O–H groups in total. The molecule has 20 heavy (non-hydrogen) atoms. The molecule has 4 nitrogen and oxygen atoms in total. The molecule has 2 aliphatic rings. The number of carbonyl (C=O) groups excluding carboxylic acids is 1. The second-order valence-electron chi connectivity index (χ2n) is 5.97. The highest BCUT2D eigenvalue weighted by Gasteiger charge is 2.40. The third-order valence-electron chi connectivity index (χ3n) is 4.51. The molecular formula is C15H22N2O2S. The maximum atomic E-state index is 12.5. The Balaban J connectivity index is 1.74. The van der Waals surface area contributed by atoms with E-state index < -0.39 is 5.54 Å². The summed E-state index contributed by atoms with van der Waals surface area (Å²) < 4.78 is 5.30. The molecule has 1 amide bonds. The lowest BCUT2D eigenvalue weighted by Crippen LogP contribution is -2.55. The fourth-order valence-corrected chi connectivity index (χ4v) is 4.09. The maximum Gasteiger partial charge on any atom is 0.243 e. The van der Waals surface area contributed by atoms with E-state index >= 15 is 0 Å². The highest BCUT2D eigenvalue weighted by Crippen LogP contribution is 2.37. The van der Waals surface area contributed by atoms with Gasteiger partial charge in [0.15, 0.2) is 0 Å². The van der Waals surface area contributed by atoms with Gasteiger partial charge < -0.3 is 15.8 Å². The molecule has 3 rings (SSSR count). The SMILES string of the molecule is NC1(C(=O)NC(c2cccs2)C2CCCC2)CCOC1. The predicted octanol–water partition coefficient (Wildman–Crippen LogP) is 2.21. The highest BCUT2D eigenvalue weighted by molar-refractivity contribution is 7.10. The molecule has 0 spiro atoms. The smallest absolute Gasteiger partial charge is 0.243 e. The first-order valence-electron chi connectivity index (χ1n) is 7.40. The van der Waals surface area contributed by atoms with Crippen molar-refractivity contribution in [2.75, 3.05) is 13.2 Å². The Bertz CT molecular complexity index is 448. The molecule has 110 valence electrons. The Labute approximate surface area is 123 Å². The molecule has 2 heterocycles. The zero-order valence-electron chi connectivity index (χ0n) is 11.6. The summed E-state index contributed by atoms with van der Waals surface area (Å²) in [7, 11) is 0. The predicted molar refractivity (Wildman–Crippen MR) is 79.5 cm³/mol. The standard InChI is InChI=1S/C15H22N2O2S/c16-15(7-8-19-10-15)14(18)17-13(11-4-1-2-5-11)12-6-3-9-20-12/h3,6,9,11,13H,1-2,4-5,7-8,10,16H2,(H,17,18). The highest BCUT2D eigenvalue weighted by atomic mass is 32.1. The summed E-state index contributed by atoms with van der Waals surface area (Å²) in [6.45, 7) is 0.914. The Kier molecular flexibility index (Phi) is 4.10. The molecule has 0 radical (unpaired) electrons. The van der Waals surface area contributed by atoms with Gasteiger partial charge in [0, 0.05) is 11.5 Å². The Morgan fingerprint density at radius 1 is 1.50 bits per heavy atom. The van der Waals surface area contributed by atoms with Crippen molar-refractivity contribution in [1.29, 1.82) is 0 Å². The van der Waals surface area contributed by atoms with Crippen LogP contribution >= 0.6 is 11.3 Å². The normalized spacial score (nSPS) is 28.6. The van der Waals surface area contributed by atoms with E-state index in [4.69, 9.17) is 10.5 Å². The van der Waals surface area contributed by atoms with E-state index in [9.17, 15) is 4.79 Å². The van der Waals surface area contributed by atoms with Crippen molar-refractivity contribution in [3.8, 4) is 0 Å². The Hall–Kier alpha value is -0.910. The third kappa shape index (κ3) is 2.75. The molecule has 2 unspecified atom stereocenters. The van der Waals surface area contributed by atoms with Crippen LogP contribution in [0.2, 0.25) is 0 Å². The number of nitrogens with two attached hydrogens (primary N) is 1. The maximum absolute atomic E-state index is 12.5. The van der Waals surface area contributed by atoms with Crippen LogP contribution < -0.4 is 11.1 Å². The number of ether oxygens (including phenoxy) is 1. The number of rotatable bonds is 4. The summed E-state index contributed by atoms with van der Waals surface area (Å²) in [5, 5.41) is 5.28. The van der Waals surface area contributed by atoms with Gasteiger partial charge in [-0.05, 0) is 36.6 Å². The molecule has 1 saturated carbocycles. The number of thiophene rings is 1. The van der Waals surface area contributed by atoms with Crippen molar-refractivity contribution in [2.24, 2.45) is 11.7 Å². The van der Waals surface area contributed by atoms with Crippen LogP contribution in [0.25, 0.3) is 0 Å². The third-order valence-corrected chi connectivity index (χ3v) is 5.47. The van der Waals surface area contributed by atoms with Gasteiger partial charge in [0.25, 0.3) is 0 Å². The minimum atomic E-state index is -0.839. The second-order valence-corrected chi connectivity index (χ2v) is 6.95. The number of hydrogen-bond donors (Lipinski definition) is 2. The van der Waals surface area contributed by atoms with E-state index in [-0.39, 0.29) is 11.9 Å². The monoisotopic (exact) mass is 294 g/mol. The van der Waals surface area contributed by atoms with Crippen LogP contribution in [0.5, 0.6) is 0 Å². The molecule has 2 fully saturated rings. The number of nitrogens with one attached hydrogen (secondary N) is 1. The number of amides is 1. The molecule has 1 saturated heterocycles. The topological polar surface area (TPSA) is 64.4 Å². The van der Waals surface area contributed by atoms with Crippen LogP contribution in [0.1, 0.15) is 43.0 Å². The molecule has 2 atom stereocenters. The van der Waals surface area contributed by atoms with Gasteiger partial charge in [0.05, 0.1) is 12.6 Å². The van der Waals surface area contributed by atoms with Crippen molar-refractivity contribution in [3.63, 3.8) is 0 Å². The summed E-state index contributed by atoms with van der Waals surface area (Å²) in [5.41, 5.74) is 5.33. The van der Waals surface area contributed by atoms with Crippen LogP contribution in [0.4, 0.5) is 0 Å². The van der Waals surface area contributed by atoms with Crippen LogP contribution in [0.15, 0.2) is 17.5 Å². The quantitative estimate of drug-likeness (QED) is 0.895. The average Bonchev–Trinajstić information content (AvgIpc) is 3.18. The first-order chi connectivity index (χ1) is 9.69. The van der Waals surface area contributed by atoms with Gasteiger partial charge in [-0.3, -0.25) is 4.79 Å². The zero-order valence-corrected chi connectivity index (χ0v) is 12.5. The molecule has 5 heteroatoms. The fourth-order valence-electron chi connectivity index (χ4n) is 3.23. The molecule has 1 aliphatic heterocycles. The summed E-state index contributed by atoms with van der Waals surface area (Å²) in [5.74, 6) is 0.490. The van der Waals surface area contributed by atoms with Crippen molar-refractivity contribution >= 4 is 17.2 Å². The first-order valence-corrected chi connectivity index (χ1v) is 8.28. The van der Waals surface area contributed by atoms with E-state index in [2.05, 4.69) is 16.8 Å². The van der Waals surface area contributed by atoms with E-state index in [1.54, 1.807) is 11.3 Å². The summed E-state index contributed by atoms with van der Waals surface area (Å²) in [4.78, 5) is 13.8. The molecule has 1 aromatic heterocycles. The van der Waals surface area contributed by atoms with Gasteiger partial charge in [-0.15, -0.1) is 11.3 Å². The van der Waals surface area contributed by atoms with Crippen LogP contribution in [0, 0.1) is 5.92 Å². The summed E-state index contributed by atoms with van der Waals surface area (Å²) in [6.07, 6.45) is 5.52. The van der Waals surface area contributed by atoms with Gasteiger partial charge in [-0.2, -0.15) is 0 Å². The van der Waals surface area contributed by atoms with E-state index in [1.807, 2.05) is 6.07 Å². The lowest BCUT2D eigenvalue weighted by molar-refractivity contribution is -0.127. The van der Waals surface area contributed by atoms with Crippen LogP contribution in [0.3, 0.4) is 0 Å². The molecular weight excluding hydrogens is 272 g/mol. The fraction of sp³-hybridized carbons (Fsp3) is 0.667. The summed E-state index contributed by atoms with van der Waals surface area (Å²) in [6, 6.07) is 4.28. The Morgan fingerprint density at radius 3 is 2.90 bits per heavy atom. The van der Waals surface area contributed by atoms with Gasteiger partial charge in [-0.1, -0.05) is 18.9 Å². The molecule has 0 bridgehead atoms. The first kappa shape index (κ1) is 14.0. The lowest BCUT2D eigenvalue weighted by Gasteiger charge is -2.28. The van der Waals surface area contributed by atoms with E-state index in [0.29, 0.717) is 25.6 Å². The van der Waals surface area contributed by atoms with Crippen molar-refractivity contribution < 1.29 is 9.53 Å². The van der Waals surface area contributed by atoms with E-state index in [0.717, 1.165) is 0 Å². The van der Waals surface area contributed by atoms with Crippen molar-refractivity contribution in [3.05, 3.63) is 22.4 Å². The minimum absolute atomic E-state index is 0.0553. The van der Waals surface area contributed by atoms with Gasteiger partial charge in [0.2, 0.25) is 5.91 Å². The van der Waals surface area contributed by atoms with Gasteiger partial charge in [-0.25, -0.2) is 0 Å². The van der Waals surface area contributed by atoms with Crippen molar-refractivity contribution in [1.82, 2.24) is 5.32 Å². The molecule has 1 aliphatic carbocycles. The van der Waals surface area contributed by atoms with E-state index in [1.165, 1.54) is 30.6 Å². The summed E-state index contributed by atoms with van der Waals surface area (Å²) >= 11 is 1.71. The van der Waals surface area contributed by atoms with Gasteiger partial charge in [0.1, 0.15) is 5.54 Å².